The lowest BCUT2D eigenvalue weighted by molar-refractivity contribution is -0.149. The summed E-state index contributed by atoms with van der Waals surface area (Å²) in [5, 5.41) is 12.1. The number of esters is 3. The van der Waals surface area contributed by atoms with Crippen LogP contribution < -0.4 is 16.2 Å². The number of nitrogens with zero attached hydrogens (tertiary/aromatic N) is 2. The van der Waals surface area contributed by atoms with Crippen molar-refractivity contribution in [2.75, 3.05) is 52.7 Å². The van der Waals surface area contributed by atoms with Crippen LogP contribution in [0.4, 0.5) is 4.79 Å². The minimum absolute atomic E-state index is 0.0478. The third-order valence-electron chi connectivity index (χ3n) is 13.7. The number of H-pyrrole nitrogens is 2. The molecule has 0 fully saturated rings. The number of carboxylic acid groups (broad SMARTS) is 1. The Hall–Kier alpha value is -7.17. The number of carbonyl (C=O) groups excluding carboxylic acids is 6. The molecule has 0 saturated heterocycles. The number of methoxy groups -OCH3 is 3. The maximum absolute atomic E-state index is 13.9. The Balaban J connectivity index is 1.25. The molecular weight excluding hydrogens is 1030 g/mol. The monoisotopic (exact) mass is 1100 g/mol. The van der Waals surface area contributed by atoms with E-state index in [-0.39, 0.29) is 56.6 Å². The second kappa shape index (κ2) is 26.7. The number of nitrogens with one attached hydrogen (secondary N) is 5. The number of aromatic amines is 2. The van der Waals surface area contributed by atoms with E-state index in [4.69, 9.17) is 33.7 Å². The highest BCUT2D eigenvalue weighted by atomic mass is 33.1. The number of rotatable bonds is 23. The summed E-state index contributed by atoms with van der Waals surface area (Å²) in [6.45, 7) is 16.5. The van der Waals surface area contributed by atoms with E-state index in [2.05, 4.69) is 46.6 Å². The predicted octanol–water partition coefficient (Wildman–Crippen LogP) is 7.68. The summed E-state index contributed by atoms with van der Waals surface area (Å²) in [4.78, 5) is 107. The Bertz CT molecular complexity index is 3020. The number of aliphatic carboxylic acids is 1. The van der Waals surface area contributed by atoms with Gasteiger partial charge in [-0.1, -0.05) is 60.2 Å². The van der Waals surface area contributed by atoms with Gasteiger partial charge in [-0.15, -0.1) is 0 Å². The van der Waals surface area contributed by atoms with Gasteiger partial charge in [0.2, 0.25) is 11.8 Å². The largest absolute Gasteiger partial charge is 0.480 e. The SMILES string of the molecule is C=CC1=C(C)c2cc3[nH]c(cc4nc(cc5[nH]c(cc1n2)c(C)c5CCC(=O)NNC(=O)OCCSSC[C@@H](NC(=O)CCOCCC(C)C)C(=O)O)C(CCC(=O)OC)=C4C)[C@]1(C)C3=CC=C(C(=O)OC)[C@@H]1C(=O)OC. The Morgan fingerprint density at radius 1 is 0.805 bits per heavy atom. The highest BCUT2D eigenvalue weighted by Gasteiger charge is 2.53. The van der Waals surface area contributed by atoms with Crippen LogP contribution in [0.15, 0.2) is 54.6 Å². The van der Waals surface area contributed by atoms with E-state index in [1.165, 1.54) is 42.9 Å². The molecule has 0 saturated carbocycles. The van der Waals surface area contributed by atoms with Gasteiger partial charge in [0.1, 0.15) is 18.6 Å². The van der Waals surface area contributed by atoms with E-state index in [0.29, 0.717) is 69.0 Å². The van der Waals surface area contributed by atoms with Gasteiger partial charge in [-0.25, -0.2) is 29.8 Å². The Morgan fingerprint density at radius 2 is 1.53 bits per heavy atom. The van der Waals surface area contributed by atoms with Crippen molar-refractivity contribution in [3.63, 3.8) is 0 Å². The van der Waals surface area contributed by atoms with E-state index in [1.807, 2.05) is 52.0 Å². The van der Waals surface area contributed by atoms with E-state index in [1.54, 1.807) is 18.2 Å². The van der Waals surface area contributed by atoms with Crippen molar-refractivity contribution in [1.82, 2.24) is 36.1 Å². The zero-order valence-electron chi connectivity index (χ0n) is 44.8. The number of aromatic nitrogens is 4. The fourth-order valence-corrected chi connectivity index (χ4v) is 11.3. The molecule has 3 aliphatic heterocycles. The summed E-state index contributed by atoms with van der Waals surface area (Å²) in [7, 11) is 6.30. The van der Waals surface area contributed by atoms with Gasteiger partial charge in [-0.2, -0.15) is 0 Å². The lowest BCUT2D eigenvalue weighted by atomic mass is 9.64. The molecule has 20 nitrogen and oxygen atoms in total. The zero-order chi connectivity index (χ0) is 56.1. The van der Waals surface area contributed by atoms with Crippen molar-refractivity contribution in [2.45, 2.75) is 91.5 Å². The summed E-state index contributed by atoms with van der Waals surface area (Å²) in [6, 6.07) is 6.39. The van der Waals surface area contributed by atoms with Crippen LogP contribution in [-0.2, 0) is 64.3 Å². The summed E-state index contributed by atoms with van der Waals surface area (Å²) in [6.07, 6.45) is 5.58. The molecule has 6 rings (SSSR count). The minimum atomic E-state index is -1.20. The number of hydrazine groups is 1. The Labute approximate surface area is 454 Å². The number of hydrogen-bond acceptors (Lipinski definition) is 16. The number of aryl methyl sites for hydroxylation is 2. The molecule has 22 heteroatoms. The number of carboxylic acids is 1. The first-order chi connectivity index (χ1) is 36.7. The highest BCUT2D eigenvalue weighted by molar-refractivity contribution is 8.76. The third kappa shape index (κ3) is 14.1. The average molecular weight is 1100 g/mol. The molecule has 5 heterocycles. The zero-order valence-corrected chi connectivity index (χ0v) is 46.4. The van der Waals surface area contributed by atoms with Crippen LogP contribution >= 0.6 is 21.6 Å². The average Bonchev–Trinajstić information content (AvgIpc) is 4.06. The maximum atomic E-state index is 13.9. The van der Waals surface area contributed by atoms with Crippen LogP contribution in [0.2, 0.25) is 0 Å². The van der Waals surface area contributed by atoms with Crippen molar-refractivity contribution in [1.29, 1.82) is 0 Å². The van der Waals surface area contributed by atoms with Gasteiger partial charge >= 0.3 is 30.0 Å². The molecule has 0 unspecified atom stereocenters. The number of hydrogen-bond donors (Lipinski definition) is 6. The van der Waals surface area contributed by atoms with Crippen LogP contribution in [0.1, 0.15) is 112 Å². The predicted molar refractivity (Wildman–Crippen MR) is 295 cm³/mol. The number of ether oxygens (including phenoxy) is 5. The minimum Gasteiger partial charge on any atom is -0.480 e. The van der Waals surface area contributed by atoms with Crippen molar-refractivity contribution in [3.8, 4) is 0 Å². The molecular formula is C55H67N7O13S2. The molecule has 3 amide bonds. The fourth-order valence-electron chi connectivity index (χ4n) is 9.29. The van der Waals surface area contributed by atoms with Gasteiger partial charge in [0, 0.05) is 65.4 Å². The van der Waals surface area contributed by atoms with Gasteiger partial charge in [-0.05, 0) is 111 Å². The first-order valence-corrected chi connectivity index (χ1v) is 27.5. The summed E-state index contributed by atoms with van der Waals surface area (Å²) in [5.41, 5.74) is 13.7. The number of amides is 3. The van der Waals surface area contributed by atoms with Crippen LogP contribution in [0.25, 0.3) is 38.9 Å². The molecule has 77 heavy (non-hydrogen) atoms. The van der Waals surface area contributed by atoms with Crippen LogP contribution in [0, 0.1) is 18.8 Å². The van der Waals surface area contributed by atoms with Crippen molar-refractivity contribution < 1.29 is 62.4 Å². The summed E-state index contributed by atoms with van der Waals surface area (Å²) in [5.74, 6) is -4.13. The molecule has 4 aliphatic rings. The van der Waals surface area contributed by atoms with Crippen LogP contribution in [0.3, 0.4) is 0 Å². The molecule has 2 aromatic heterocycles. The second-order valence-corrected chi connectivity index (χ2v) is 21.7. The quantitative estimate of drug-likeness (QED) is 0.0205. The van der Waals surface area contributed by atoms with Crippen molar-refractivity contribution >= 4 is 102 Å². The first kappa shape index (κ1) is 59.1. The molecule has 3 atom stereocenters. The molecule has 1 aliphatic carbocycles. The van der Waals surface area contributed by atoms with E-state index >= 15 is 0 Å². The normalized spacial score (nSPS) is 16.6. The third-order valence-corrected chi connectivity index (χ3v) is 16.1. The highest BCUT2D eigenvalue weighted by Crippen LogP contribution is 2.53. The second-order valence-electron chi connectivity index (χ2n) is 19.0. The van der Waals surface area contributed by atoms with Crippen LogP contribution in [-0.4, -0.2) is 126 Å². The lowest BCUT2D eigenvalue weighted by Gasteiger charge is -2.36. The van der Waals surface area contributed by atoms with Crippen LogP contribution in [0.5, 0.6) is 0 Å². The summed E-state index contributed by atoms with van der Waals surface area (Å²) >= 11 is 0. The van der Waals surface area contributed by atoms with Gasteiger partial charge in [0.05, 0.1) is 61.7 Å². The molecule has 0 radical (unpaired) electrons. The molecule has 0 spiro atoms. The van der Waals surface area contributed by atoms with Crippen molar-refractivity contribution in [3.05, 3.63) is 99.9 Å². The Morgan fingerprint density at radius 3 is 2.22 bits per heavy atom. The Kier molecular flexibility index (Phi) is 20.5. The van der Waals surface area contributed by atoms with E-state index in [0.717, 1.165) is 39.8 Å². The number of carbonyl (C=O) groups is 7. The van der Waals surface area contributed by atoms with Gasteiger partial charge in [0.15, 0.2) is 0 Å². The van der Waals surface area contributed by atoms with E-state index in [9.17, 15) is 38.7 Å². The molecule has 0 aromatic carbocycles. The number of allylic oxidation sites excluding steroid dienone is 8. The lowest BCUT2D eigenvalue weighted by Crippen LogP contribution is -2.42. The number of fused-ring (bicyclic) bond motifs is 11. The first-order valence-electron chi connectivity index (χ1n) is 25.0. The maximum Gasteiger partial charge on any atom is 0.426 e. The smallest absolute Gasteiger partial charge is 0.426 e. The van der Waals surface area contributed by atoms with Gasteiger partial charge < -0.3 is 44.1 Å². The standard InChI is InChI=1S/C55H67N7O13S2/c1-11-33-30(4)39-25-44-37-15-12-36(52(68)72-9)50(53(69)73-10)55(37,7)46(59-44)27-40-32(6)35(14-17-49(65)71-8)43(58-40)26-42-34(31(5)38(57-42)24-41(33)56-39)13-16-48(64)61-62-54(70)75-22-23-76-77-28-45(51(66)67)60-47(63)19-21-74-20-18-29(2)3/h11-12,15,24-27,29,45,50,57,59H,1,13-14,16-23,28H2,2-10H3,(H,60,63)(H,61,64)(H,62,70)(H,66,67)/t45-,50-,55+/m1/s1. The molecule has 412 valence electrons. The summed E-state index contributed by atoms with van der Waals surface area (Å²) < 4.78 is 26.2. The molecule has 6 N–H and O–H groups in total. The molecule has 2 aromatic rings. The molecule has 8 bridgehead atoms. The van der Waals surface area contributed by atoms with Crippen molar-refractivity contribution in [2.24, 2.45) is 11.8 Å². The van der Waals surface area contributed by atoms with E-state index < -0.39 is 59.2 Å². The van der Waals surface area contributed by atoms with Gasteiger partial charge in [0.25, 0.3) is 0 Å². The van der Waals surface area contributed by atoms with Gasteiger partial charge in [-0.3, -0.25) is 24.6 Å². The topological polar surface area (TPSA) is 279 Å². The fraction of sp³-hybridized carbons (Fsp3) is 0.436.